The zero-order valence-corrected chi connectivity index (χ0v) is 16.6. The number of halogens is 4. The second-order valence-electron chi connectivity index (χ2n) is 7.54. The van der Waals surface area contributed by atoms with Crippen molar-refractivity contribution in [1.82, 2.24) is 10.2 Å². The number of aromatic hydroxyl groups is 1. The lowest BCUT2D eigenvalue weighted by atomic mass is 9.89. The second-order valence-corrected chi connectivity index (χ2v) is 7.54. The molecule has 2 aromatic carbocycles. The number of phenols is 1. The van der Waals surface area contributed by atoms with Gasteiger partial charge in [-0.1, -0.05) is 6.07 Å². The van der Waals surface area contributed by atoms with Gasteiger partial charge in [0.05, 0.1) is 12.1 Å². The third-order valence-corrected chi connectivity index (χ3v) is 5.33. The maximum Gasteiger partial charge on any atom is 0.416 e. The summed E-state index contributed by atoms with van der Waals surface area (Å²) in [6, 6.07) is 8.41. The molecule has 1 heterocycles. The van der Waals surface area contributed by atoms with Gasteiger partial charge in [0, 0.05) is 18.0 Å². The summed E-state index contributed by atoms with van der Waals surface area (Å²) in [4.78, 5) is 26.6. The van der Waals surface area contributed by atoms with Crippen LogP contribution in [0.1, 0.15) is 34.3 Å². The minimum absolute atomic E-state index is 0.00264. The number of phenolic OH excluding ortho intramolecular Hbond substituents is 1. The van der Waals surface area contributed by atoms with Gasteiger partial charge in [0.15, 0.2) is 5.78 Å². The fourth-order valence-corrected chi connectivity index (χ4v) is 3.63. The van der Waals surface area contributed by atoms with E-state index in [0.29, 0.717) is 37.6 Å². The fraction of sp³-hybridized carbons (Fsp3) is 0.364. The number of piperidine rings is 1. The van der Waals surface area contributed by atoms with E-state index < -0.39 is 23.5 Å². The Kier molecular flexibility index (Phi) is 6.94. The van der Waals surface area contributed by atoms with E-state index in [1.807, 2.05) is 4.90 Å². The van der Waals surface area contributed by atoms with Gasteiger partial charge in [-0.25, -0.2) is 4.39 Å². The van der Waals surface area contributed by atoms with Crippen molar-refractivity contribution in [2.45, 2.75) is 25.6 Å². The number of nitrogens with zero attached hydrogens (tertiary/aromatic N) is 1. The Morgan fingerprint density at radius 1 is 1.06 bits per heavy atom. The molecule has 0 radical (unpaired) electrons. The van der Waals surface area contributed by atoms with Crippen molar-refractivity contribution in [2.75, 3.05) is 19.6 Å². The van der Waals surface area contributed by atoms with Crippen LogP contribution in [0.3, 0.4) is 0 Å². The standard InChI is InChI=1S/C22H22F4N2O3/c23-17-4-1-16(19(11-17)22(24,25)26)12-27-20(30)13-28-9-7-15(8-10-28)21(31)14-2-5-18(29)6-3-14/h1-6,11,15,29H,7-10,12-13H2,(H,27,30). The Balaban J connectivity index is 1.49. The van der Waals surface area contributed by atoms with E-state index >= 15 is 0 Å². The van der Waals surface area contributed by atoms with E-state index in [0.717, 1.165) is 12.1 Å². The zero-order valence-electron chi connectivity index (χ0n) is 16.6. The zero-order chi connectivity index (χ0) is 22.6. The summed E-state index contributed by atoms with van der Waals surface area (Å²) >= 11 is 0. The summed E-state index contributed by atoms with van der Waals surface area (Å²) in [7, 11) is 0. The van der Waals surface area contributed by atoms with Gasteiger partial charge >= 0.3 is 6.18 Å². The molecular weight excluding hydrogens is 416 g/mol. The Bertz CT molecular complexity index is 937. The molecule has 166 valence electrons. The van der Waals surface area contributed by atoms with Gasteiger partial charge in [-0.15, -0.1) is 0 Å². The Hall–Kier alpha value is -2.94. The Morgan fingerprint density at radius 2 is 1.71 bits per heavy atom. The summed E-state index contributed by atoms with van der Waals surface area (Å²) in [5.74, 6) is -1.55. The SMILES string of the molecule is O=C(CN1CCC(C(=O)c2ccc(O)cc2)CC1)NCc1ccc(F)cc1C(F)(F)F. The average Bonchev–Trinajstić information content (AvgIpc) is 2.73. The van der Waals surface area contributed by atoms with Crippen LogP contribution >= 0.6 is 0 Å². The lowest BCUT2D eigenvalue weighted by Gasteiger charge is -2.30. The summed E-state index contributed by atoms with van der Waals surface area (Å²) in [6.07, 6.45) is -3.60. The number of Topliss-reactive ketones (excluding diaryl/α,β-unsaturated/α-hetero) is 1. The molecule has 2 aromatic rings. The molecule has 1 fully saturated rings. The number of amides is 1. The normalized spacial score (nSPS) is 15.6. The van der Waals surface area contributed by atoms with Crippen LogP contribution in [-0.4, -0.2) is 41.3 Å². The highest BCUT2D eigenvalue weighted by atomic mass is 19.4. The Labute approximate surface area is 176 Å². The number of carbonyl (C=O) groups excluding carboxylic acids is 2. The van der Waals surface area contributed by atoms with E-state index in [2.05, 4.69) is 5.32 Å². The number of nitrogens with one attached hydrogen (secondary N) is 1. The predicted molar refractivity (Wildman–Crippen MR) is 105 cm³/mol. The molecule has 1 amide bonds. The summed E-state index contributed by atoms with van der Waals surface area (Å²) in [5, 5.41) is 11.8. The molecule has 5 nitrogen and oxygen atoms in total. The molecule has 0 bridgehead atoms. The van der Waals surface area contributed by atoms with Gasteiger partial charge in [-0.2, -0.15) is 13.2 Å². The van der Waals surface area contributed by atoms with E-state index in [-0.39, 0.29) is 36.1 Å². The minimum Gasteiger partial charge on any atom is -0.508 e. The number of rotatable bonds is 6. The van der Waals surface area contributed by atoms with Crippen LogP contribution in [0.4, 0.5) is 17.6 Å². The summed E-state index contributed by atoms with van der Waals surface area (Å²) in [6.45, 7) is 0.658. The van der Waals surface area contributed by atoms with Gasteiger partial charge in [0.25, 0.3) is 0 Å². The molecule has 0 saturated carbocycles. The first kappa shape index (κ1) is 22.7. The van der Waals surface area contributed by atoms with Gasteiger partial charge in [0.1, 0.15) is 11.6 Å². The average molecular weight is 438 g/mol. The van der Waals surface area contributed by atoms with Gasteiger partial charge in [-0.05, 0) is 67.9 Å². The topological polar surface area (TPSA) is 69.6 Å². The highest BCUT2D eigenvalue weighted by molar-refractivity contribution is 5.98. The van der Waals surface area contributed by atoms with Crippen LogP contribution in [0.15, 0.2) is 42.5 Å². The van der Waals surface area contributed by atoms with Crippen LogP contribution in [0.2, 0.25) is 0 Å². The second kappa shape index (κ2) is 9.47. The van der Waals surface area contributed by atoms with Crippen LogP contribution in [0.5, 0.6) is 5.75 Å². The molecule has 0 aliphatic carbocycles. The smallest absolute Gasteiger partial charge is 0.416 e. The van der Waals surface area contributed by atoms with Crippen molar-refractivity contribution < 1.29 is 32.3 Å². The van der Waals surface area contributed by atoms with Gasteiger partial charge in [0.2, 0.25) is 5.91 Å². The predicted octanol–water partition coefficient (Wildman–Crippen LogP) is 3.76. The van der Waals surface area contributed by atoms with E-state index in [9.17, 15) is 32.3 Å². The Morgan fingerprint density at radius 3 is 2.32 bits per heavy atom. The molecular formula is C22H22F4N2O3. The third-order valence-electron chi connectivity index (χ3n) is 5.33. The molecule has 1 saturated heterocycles. The van der Waals surface area contributed by atoms with Crippen LogP contribution in [0.25, 0.3) is 0 Å². The molecule has 0 unspecified atom stereocenters. The van der Waals surface area contributed by atoms with Crippen molar-refractivity contribution in [1.29, 1.82) is 0 Å². The van der Waals surface area contributed by atoms with Crippen LogP contribution in [0, 0.1) is 11.7 Å². The number of carbonyl (C=O) groups is 2. The first-order valence-electron chi connectivity index (χ1n) is 9.81. The molecule has 0 spiro atoms. The number of likely N-dealkylation sites (tertiary alicyclic amines) is 1. The van der Waals surface area contributed by atoms with Gasteiger partial charge < -0.3 is 10.4 Å². The van der Waals surface area contributed by atoms with Crippen molar-refractivity contribution in [2.24, 2.45) is 5.92 Å². The molecule has 9 heteroatoms. The maximum absolute atomic E-state index is 13.2. The largest absolute Gasteiger partial charge is 0.508 e. The lowest BCUT2D eigenvalue weighted by molar-refractivity contribution is -0.138. The molecule has 1 aliphatic heterocycles. The highest BCUT2D eigenvalue weighted by Crippen LogP contribution is 2.32. The van der Waals surface area contributed by atoms with Crippen molar-refractivity contribution >= 4 is 11.7 Å². The molecule has 3 rings (SSSR count). The number of benzene rings is 2. The van der Waals surface area contributed by atoms with Crippen LogP contribution < -0.4 is 5.32 Å². The highest BCUT2D eigenvalue weighted by Gasteiger charge is 2.34. The van der Waals surface area contributed by atoms with E-state index in [4.69, 9.17) is 0 Å². The van der Waals surface area contributed by atoms with E-state index in [1.165, 1.54) is 12.1 Å². The summed E-state index contributed by atoms with van der Waals surface area (Å²) in [5.41, 5.74) is -0.796. The van der Waals surface area contributed by atoms with Crippen LogP contribution in [-0.2, 0) is 17.5 Å². The molecule has 0 atom stereocenters. The maximum atomic E-state index is 13.2. The number of hydrogen-bond acceptors (Lipinski definition) is 4. The first-order chi connectivity index (χ1) is 14.6. The first-order valence-corrected chi connectivity index (χ1v) is 9.81. The number of ketones is 1. The third kappa shape index (κ3) is 6.04. The number of hydrogen-bond donors (Lipinski definition) is 2. The van der Waals surface area contributed by atoms with Crippen molar-refractivity contribution in [3.63, 3.8) is 0 Å². The van der Waals surface area contributed by atoms with Crippen molar-refractivity contribution in [3.8, 4) is 5.75 Å². The molecule has 2 N–H and O–H groups in total. The fourth-order valence-electron chi connectivity index (χ4n) is 3.63. The quantitative estimate of drug-likeness (QED) is 0.532. The summed E-state index contributed by atoms with van der Waals surface area (Å²) < 4.78 is 52.3. The van der Waals surface area contributed by atoms with E-state index in [1.54, 1.807) is 12.1 Å². The number of alkyl halides is 3. The molecule has 1 aliphatic rings. The lowest BCUT2D eigenvalue weighted by Crippen LogP contribution is -2.42. The van der Waals surface area contributed by atoms with Gasteiger partial charge in [-0.3, -0.25) is 14.5 Å². The molecule has 31 heavy (non-hydrogen) atoms. The minimum atomic E-state index is -4.71. The molecule has 0 aromatic heterocycles. The monoisotopic (exact) mass is 438 g/mol. The van der Waals surface area contributed by atoms with Crippen molar-refractivity contribution in [3.05, 3.63) is 65.0 Å².